The topological polar surface area (TPSA) is 64.0 Å². The Morgan fingerprint density at radius 1 is 1.53 bits per heavy atom. The summed E-state index contributed by atoms with van der Waals surface area (Å²) in [7, 11) is -2.88. The van der Waals surface area contributed by atoms with Gasteiger partial charge < -0.3 is 5.32 Å². The van der Waals surface area contributed by atoms with Crippen LogP contribution in [0.5, 0.6) is 0 Å². The highest BCUT2D eigenvalue weighted by molar-refractivity contribution is 7.92. The first-order valence-electron chi connectivity index (χ1n) is 6.59. The number of aryl methyl sites for hydroxylation is 2. The van der Waals surface area contributed by atoms with Crippen molar-refractivity contribution in [3.05, 3.63) is 16.4 Å². The van der Waals surface area contributed by atoms with Crippen molar-refractivity contribution in [2.75, 3.05) is 12.3 Å². The van der Waals surface area contributed by atoms with Gasteiger partial charge in [-0.2, -0.15) is 5.10 Å². The maximum atomic E-state index is 11.7. The van der Waals surface area contributed by atoms with E-state index in [9.17, 15) is 8.42 Å². The van der Waals surface area contributed by atoms with E-state index in [1.54, 1.807) is 0 Å². The Bertz CT molecular complexity index is 554. The lowest BCUT2D eigenvalue weighted by Gasteiger charge is -2.11. The highest BCUT2D eigenvalue weighted by atomic mass is 35.5. The fourth-order valence-electron chi connectivity index (χ4n) is 2.48. The number of nitrogens with one attached hydrogen (secondary N) is 1. The molecule has 19 heavy (non-hydrogen) atoms. The molecular weight excluding hydrogens is 286 g/mol. The van der Waals surface area contributed by atoms with Gasteiger partial charge in [0.25, 0.3) is 0 Å². The molecule has 0 saturated carbocycles. The molecule has 1 aliphatic rings. The van der Waals surface area contributed by atoms with Gasteiger partial charge in [0.1, 0.15) is 0 Å². The summed E-state index contributed by atoms with van der Waals surface area (Å²) in [4.78, 5) is 0. The van der Waals surface area contributed by atoms with E-state index in [0.717, 1.165) is 30.8 Å². The summed E-state index contributed by atoms with van der Waals surface area (Å²) >= 11 is 6.20. The molecule has 1 saturated heterocycles. The van der Waals surface area contributed by atoms with Crippen LogP contribution in [0.3, 0.4) is 0 Å². The molecule has 1 unspecified atom stereocenters. The average Bonchev–Trinajstić information content (AvgIpc) is 2.83. The summed E-state index contributed by atoms with van der Waals surface area (Å²) in [5, 5.41) is 7.96. The van der Waals surface area contributed by atoms with Crippen LogP contribution in [0.4, 0.5) is 0 Å². The van der Waals surface area contributed by atoms with E-state index in [0.29, 0.717) is 23.9 Å². The molecule has 1 aliphatic heterocycles. The smallest absolute Gasteiger partial charge is 0.154 e. The molecule has 2 rings (SSSR count). The van der Waals surface area contributed by atoms with Gasteiger partial charge in [-0.1, -0.05) is 11.6 Å². The zero-order chi connectivity index (χ0) is 14.0. The first-order valence-corrected chi connectivity index (χ1v) is 8.69. The fraction of sp³-hybridized carbons (Fsp3) is 0.750. The zero-order valence-electron chi connectivity index (χ0n) is 11.3. The van der Waals surface area contributed by atoms with Crippen molar-refractivity contribution in [2.24, 2.45) is 0 Å². The molecule has 108 valence electrons. The molecule has 7 heteroatoms. The second kappa shape index (κ2) is 5.81. The number of rotatable bonds is 5. The summed E-state index contributed by atoms with van der Waals surface area (Å²) in [6, 6.07) is 0. The Hall–Kier alpha value is -0.590. The van der Waals surface area contributed by atoms with Gasteiger partial charge in [-0.25, -0.2) is 8.42 Å². The van der Waals surface area contributed by atoms with Crippen molar-refractivity contribution in [1.29, 1.82) is 0 Å². The van der Waals surface area contributed by atoms with Gasteiger partial charge in [0.05, 0.1) is 27.4 Å². The summed E-state index contributed by atoms with van der Waals surface area (Å²) in [6.07, 6.45) is 1.54. The van der Waals surface area contributed by atoms with Gasteiger partial charge in [-0.15, -0.1) is 0 Å². The minimum absolute atomic E-state index is 0.245. The highest BCUT2D eigenvalue weighted by Crippen LogP contribution is 2.21. The molecule has 0 bridgehead atoms. The number of aromatic nitrogens is 2. The molecule has 0 aliphatic carbocycles. The van der Waals surface area contributed by atoms with Crippen molar-refractivity contribution < 1.29 is 8.42 Å². The van der Waals surface area contributed by atoms with Crippen LogP contribution in [0, 0.1) is 6.92 Å². The Balaban J connectivity index is 1.96. The van der Waals surface area contributed by atoms with E-state index < -0.39 is 9.84 Å². The average molecular weight is 306 g/mol. The molecule has 0 radical (unpaired) electrons. The summed E-state index contributed by atoms with van der Waals surface area (Å²) in [5.41, 5.74) is 1.74. The maximum Gasteiger partial charge on any atom is 0.154 e. The molecule has 1 fully saturated rings. The standard InChI is InChI=1S/C12H20ClN3O2S/c1-3-16-11(12(13)9(2)15-16)8-14-7-10-5-4-6-19(10,17)18/h10,14H,3-8H2,1-2H3. The summed E-state index contributed by atoms with van der Waals surface area (Å²) in [6.45, 7) is 5.69. The molecule has 0 spiro atoms. The molecule has 2 heterocycles. The Kier molecular flexibility index (Phi) is 4.53. The molecule has 5 nitrogen and oxygen atoms in total. The van der Waals surface area contributed by atoms with Crippen molar-refractivity contribution in [3.8, 4) is 0 Å². The number of hydrogen-bond acceptors (Lipinski definition) is 4. The minimum Gasteiger partial charge on any atom is -0.310 e. The van der Waals surface area contributed by atoms with Crippen LogP contribution in [0.1, 0.15) is 31.2 Å². The van der Waals surface area contributed by atoms with Crippen LogP contribution in [-0.4, -0.2) is 35.7 Å². The van der Waals surface area contributed by atoms with Crippen molar-refractivity contribution >= 4 is 21.4 Å². The van der Waals surface area contributed by atoms with Gasteiger partial charge in [0, 0.05) is 19.6 Å². The molecule has 1 aromatic heterocycles. The van der Waals surface area contributed by atoms with Crippen LogP contribution < -0.4 is 5.32 Å². The first kappa shape index (κ1) is 14.8. The van der Waals surface area contributed by atoms with E-state index >= 15 is 0 Å². The van der Waals surface area contributed by atoms with Crippen molar-refractivity contribution in [3.63, 3.8) is 0 Å². The SMILES string of the molecule is CCn1nc(C)c(Cl)c1CNCC1CCCS1(=O)=O. The van der Waals surface area contributed by atoms with Gasteiger partial charge >= 0.3 is 0 Å². The lowest BCUT2D eigenvalue weighted by atomic mass is 10.2. The van der Waals surface area contributed by atoms with Crippen LogP contribution in [0.25, 0.3) is 0 Å². The molecule has 0 aromatic carbocycles. The summed E-state index contributed by atoms with van der Waals surface area (Å²) < 4.78 is 25.3. The van der Waals surface area contributed by atoms with Crippen LogP contribution in [0.2, 0.25) is 5.02 Å². The monoisotopic (exact) mass is 305 g/mol. The third-order valence-electron chi connectivity index (χ3n) is 3.58. The van der Waals surface area contributed by atoms with Crippen LogP contribution in [0.15, 0.2) is 0 Å². The van der Waals surface area contributed by atoms with E-state index in [1.807, 2.05) is 18.5 Å². The molecule has 1 aromatic rings. The Morgan fingerprint density at radius 2 is 2.26 bits per heavy atom. The van der Waals surface area contributed by atoms with Gasteiger partial charge in [-0.3, -0.25) is 4.68 Å². The van der Waals surface area contributed by atoms with Gasteiger partial charge in [0.2, 0.25) is 0 Å². The first-order chi connectivity index (χ1) is 8.95. The largest absolute Gasteiger partial charge is 0.310 e. The Morgan fingerprint density at radius 3 is 2.84 bits per heavy atom. The van der Waals surface area contributed by atoms with E-state index in [-0.39, 0.29) is 5.25 Å². The molecule has 1 atom stereocenters. The number of sulfone groups is 1. The highest BCUT2D eigenvalue weighted by Gasteiger charge is 2.30. The van der Waals surface area contributed by atoms with Crippen molar-refractivity contribution in [1.82, 2.24) is 15.1 Å². The number of hydrogen-bond donors (Lipinski definition) is 1. The fourth-order valence-corrected chi connectivity index (χ4v) is 4.48. The third kappa shape index (κ3) is 3.12. The lowest BCUT2D eigenvalue weighted by molar-refractivity contribution is 0.554. The normalized spacial score (nSPS) is 21.9. The van der Waals surface area contributed by atoms with Gasteiger partial charge in [-0.05, 0) is 26.7 Å². The van der Waals surface area contributed by atoms with Crippen LogP contribution in [-0.2, 0) is 22.9 Å². The van der Waals surface area contributed by atoms with Gasteiger partial charge in [0.15, 0.2) is 9.84 Å². The third-order valence-corrected chi connectivity index (χ3v) is 6.35. The summed E-state index contributed by atoms with van der Waals surface area (Å²) in [5.74, 6) is 0.325. The molecular formula is C12H20ClN3O2S. The van der Waals surface area contributed by atoms with E-state index in [1.165, 1.54) is 0 Å². The number of halogens is 1. The second-order valence-electron chi connectivity index (χ2n) is 4.92. The predicted octanol–water partition coefficient (Wildman–Crippen LogP) is 1.53. The lowest BCUT2D eigenvalue weighted by Crippen LogP contribution is -2.30. The second-order valence-corrected chi connectivity index (χ2v) is 7.70. The van der Waals surface area contributed by atoms with Crippen molar-refractivity contribution in [2.45, 2.75) is 45.0 Å². The predicted molar refractivity (Wildman–Crippen MR) is 76.2 cm³/mol. The quantitative estimate of drug-likeness (QED) is 0.896. The van der Waals surface area contributed by atoms with E-state index in [2.05, 4.69) is 10.4 Å². The maximum absolute atomic E-state index is 11.7. The molecule has 1 N–H and O–H groups in total. The van der Waals surface area contributed by atoms with Crippen LogP contribution >= 0.6 is 11.6 Å². The molecule has 0 amide bonds. The zero-order valence-corrected chi connectivity index (χ0v) is 12.9. The Labute approximate surface area is 119 Å². The van der Waals surface area contributed by atoms with E-state index in [4.69, 9.17) is 11.6 Å². The minimum atomic E-state index is -2.88. The number of nitrogens with zero attached hydrogens (tertiary/aromatic N) is 2.